The van der Waals surface area contributed by atoms with Crippen molar-refractivity contribution in [2.24, 2.45) is 0 Å². The fourth-order valence-corrected chi connectivity index (χ4v) is 11.9. The molecule has 0 amide bonds. The van der Waals surface area contributed by atoms with Gasteiger partial charge < -0.3 is 28.7 Å². The van der Waals surface area contributed by atoms with Gasteiger partial charge >= 0.3 is 0 Å². The van der Waals surface area contributed by atoms with Crippen LogP contribution in [0, 0.1) is 11.3 Å². The second-order valence-corrected chi connectivity index (χ2v) is 20.1. The minimum absolute atomic E-state index is 0.349. The number of aromatic nitrogens is 1. The molecule has 0 bridgehead atoms. The van der Waals surface area contributed by atoms with Crippen molar-refractivity contribution < 1.29 is 18.9 Å². The van der Waals surface area contributed by atoms with Crippen LogP contribution in [-0.4, -0.2) is 4.98 Å². The van der Waals surface area contributed by atoms with E-state index < -0.39 is 0 Å². The summed E-state index contributed by atoms with van der Waals surface area (Å²) < 4.78 is 27.6. The van der Waals surface area contributed by atoms with Crippen LogP contribution in [0.3, 0.4) is 0 Å². The van der Waals surface area contributed by atoms with Crippen LogP contribution >= 0.6 is 0 Å². The van der Waals surface area contributed by atoms with E-state index in [4.69, 9.17) is 23.9 Å². The zero-order chi connectivity index (χ0) is 54.3. The molecule has 0 atom stereocenters. The Morgan fingerprint density at radius 1 is 0.268 bits per heavy atom. The predicted octanol–water partition coefficient (Wildman–Crippen LogP) is 20.3. The van der Waals surface area contributed by atoms with Gasteiger partial charge in [0.1, 0.15) is 11.6 Å². The van der Waals surface area contributed by atoms with Gasteiger partial charge in [0, 0.05) is 16.7 Å². The lowest BCUT2D eigenvalue weighted by atomic mass is 9.88. The lowest BCUT2D eigenvalue weighted by Gasteiger charge is -2.45. The lowest BCUT2D eigenvalue weighted by molar-refractivity contribution is 0.475. The van der Waals surface area contributed by atoms with Crippen LogP contribution < -0.4 is 38.5 Å². The van der Waals surface area contributed by atoms with E-state index in [1.165, 1.54) is 0 Å². The Morgan fingerprint density at radius 2 is 0.524 bits per heavy atom. The molecule has 0 saturated carbocycles. The van der Waals surface area contributed by atoms with Crippen LogP contribution in [0.5, 0.6) is 46.0 Å². The Bertz CT molecular complexity index is 4360. The summed E-state index contributed by atoms with van der Waals surface area (Å²) in [5.74, 6) is 5.01. The average molecular weight is 1060 g/mol. The molecule has 16 rings (SSSR count). The summed E-state index contributed by atoms with van der Waals surface area (Å²) in [7, 11) is 0. The van der Waals surface area contributed by atoms with E-state index in [0.717, 1.165) is 73.6 Å². The zero-order valence-corrected chi connectivity index (χ0v) is 43.7. The van der Waals surface area contributed by atoms with Crippen molar-refractivity contribution in [3.8, 4) is 85.7 Å². The third kappa shape index (κ3) is 7.31. The molecule has 0 spiro atoms. The van der Waals surface area contributed by atoms with Crippen molar-refractivity contribution in [3.63, 3.8) is 0 Å². The van der Waals surface area contributed by atoms with E-state index in [1.54, 1.807) is 0 Å². The van der Waals surface area contributed by atoms with Gasteiger partial charge in [-0.1, -0.05) is 158 Å². The molecule has 386 valence electrons. The summed E-state index contributed by atoms with van der Waals surface area (Å²) >= 11 is 0. The van der Waals surface area contributed by atoms with Gasteiger partial charge in [0.05, 0.1) is 79.6 Å². The second kappa shape index (κ2) is 18.8. The summed E-state index contributed by atoms with van der Waals surface area (Å²) in [4.78, 5) is 14.6. The molecule has 1 aromatic heterocycles. The molecule has 12 aromatic rings. The van der Waals surface area contributed by atoms with Crippen molar-refractivity contribution in [1.82, 2.24) is 4.98 Å². The fourth-order valence-electron chi connectivity index (χ4n) is 11.9. The number of benzene rings is 11. The maximum Gasteiger partial charge on any atom is 0.151 e. The molecular weight excluding hydrogens is 1010 g/mol. The Labute approximate surface area is 473 Å². The molecule has 4 aliphatic rings. The number of fused-ring (bicyclic) bond motifs is 8. The minimum Gasteiger partial charge on any atom is -0.453 e. The smallest absolute Gasteiger partial charge is 0.151 e. The van der Waals surface area contributed by atoms with Crippen molar-refractivity contribution >= 4 is 68.2 Å². The first-order valence-corrected chi connectivity index (χ1v) is 27.1. The van der Waals surface area contributed by atoms with E-state index in [9.17, 15) is 5.26 Å². The van der Waals surface area contributed by atoms with E-state index in [2.05, 4.69) is 111 Å². The molecule has 0 saturated heterocycles. The van der Waals surface area contributed by atoms with Gasteiger partial charge in [-0.2, -0.15) is 5.26 Å². The zero-order valence-electron chi connectivity index (χ0n) is 43.7. The largest absolute Gasteiger partial charge is 0.453 e. The van der Waals surface area contributed by atoms with Crippen LogP contribution in [0.15, 0.2) is 267 Å². The van der Waals surface area contributed by atoms with E-state index >= 15 is 0 Å². The van der Waals surface area contributed by atoms with Crippen molar-refractivity contribution in [1.29, 1.82) is 5.26 Å². The number of hydrogen-bond acceptors (Lipinski definition) is 10. The molecule has 0 radical (unpaired) electrons. The maximum absolute atomic E-state index is 13.1. The summed E-state index contributed by atoms with van der Waals surface area (Å²) in [6, 6.07) is 92.6. The molecule has 0 N–H and O–H groups in total. The van der Waals surface area contributed by atoms with Gasteiger partial charge in [0.2, 0.25) is 0 Å². The Hall–Kier alpha value is -11.5. The Balaban J connectivity index is 1.21. The van der Waals surface area contributed by atoms with Crippen LogP contribution in [0.4, 0.5) is 68.2 Å². The van der Waals surface area contributed by atoms with Crippen molar-refractivity contribution in [3.05, 3.63) is 272 Å². The molecule has 82 heavy (non-hydrogen) atoms. The number of para-hydroxylation sites is 16. The third-order valence-electron chi connectivity index (χ3n) is 15.4. The van der Waals surface area contributed by atoms with Gasteiger partial charge in [-0.3, -0.25) is 9.80 Å². The van der Waals surface area contributed by atoms with Gasteiger partial charge in [-0.15, -0.1) is 0 Å². The van der Waals surface area contributed by atoms with Gasteiger partial charge in [0.25, 0.3) is 0 Å². The highest BCUT2D eigenvalue weighted by Crippen LogP contribution is 2.68. The first-order valence-electron chi connectivity index (χ1n) is 27.1. The van der Waals surface area contributed by atoms with Crippen LogP contribution in [-0.2, 0) is 0 Å². The summed E-state index contributed by atoms with van der Waals surface area (Å²) in [6.07, 6.45) is 0. The third-order valence-corrected chi connectivity index (χ3v) is 15.4. The monoisotopic (exact) mass is 1060 g/mol. The van der Waals surface area contributed by atoms with Gasteiger partial charge in [0.15, 0.2) is 46.0 Å². The quantitative estimate of drug-likeness (QED) is 0.154. The molecule has 11 aromatic carbocycles. The number of ether oxygens (including phenoxy) is 4. The number of rotatable bonds is 7. The summed E-state index contributed by atoms with van der Waals surface area (Å²) in [6.45, 7) is 0. The van der Waals surface area contributed by atoms with Gasteiger partial charge in [-0.25, -0.2) is 4.98 Å². The van der Waals surface area contributed by atoms with E-state index in [0.29, 0.717) is 79.9 Å². The summed E-state index contributed by atoms with van der Waals surface area (Å²) in [5, 5.41) is 13.1. The molecular formula is C72H44N6O4. The number of hydrogen-bond donors (Lipinski definition) is 0. The van der Waals surface area contributed by atoms with E-state index in [-0.39, 0.29) is 0 Å². The highest BCUT2D eigenvalue weighted by Gasteiger charge is 2.45. The Morgan fingerprint density at radius 3 is 0.829 bits per heavy atom. The topological polar surface area (TPSA) is 86.6 Å². The molecule has 4 aliphatic heterocycles. The molecule has 10 heteroatoms. The first-order chi connectivity index (χ1) is 40.7. The molecule has 0 aliphatic carbocycles. The van der Waals surface area contributed by atoms with E-state index in [1.807, 2.05) is 182 Å². The van der Waals surface area contributed by atoms with Crippen molar-refractivity contribution in [2.75, 3.05) is 19.6 Å². The number of anilines is 12. The highest BCUT2D eigenvalue weighted by atomic mass is 16.5. The molecule has 5 heterocycles. The Kier molecular flexibility index (Phi) is 10.7. The average Bonchev–Trinajstić information content (AvgIpc) is 2.66. The molecule has 10 nitrogen and oxygen atoms in total. The number of pyridine rings is 1. The maximum atomic E-state index is 13.1. The first kappa shape index (κ1) is 46.5. The molecule has 0 unspecified atom stereocenters. The molecule has 0 fully saturated rings. The van der Waals surface area contributed by atoms with Crippen molar-refractivity contribution in [2.45, 2.75) is 0 Å². The number of nitriles is 1. The standard InChI is InChI=1S/C72H44N6O4/c73-45-49-69(75-52-27-7-15-35-60(52)79-61-36-16-8-28-53(61)75)68(48-43-50(46-23-3-1-4-24-46)74-51(44-48)47-25-5-2-6-26-47)71(77-56-31-11-19-39-64(56)81-65-40-20-12-32-57(65)77)72(78-58-33-13-21-41-66(58)82-67-42-22-14-34-59(67)78)70(49)76-54-29-9-17-37-62(54)80-63-38-18-10-30-55(63)76/h1-44H. The second-order valence-electron chi connectivity index (χ2n) is 20.1. The van der Waals surface area contributed by atoms with Crippen LogP contribution in [0.2, 0.25) is 0 Å². The SMILES string of the molecule is N#Cc1c(N2c3ccccc3Oc3ccccc32)c(-c2cc(-c3ccccc3)nc(-c3ccccc3)c2)c(N2c3ccccc3Oc3ccccc32)c(N2c3ccccc3Oc3ccccc32)c1N1c2ccccc2Oc2ccccc21. The summed E-state index contributed by atoms with van der Waals surface area (Å²) in [5.41, 5.74) is 13.6. The fraction of sp³-hybridized carbons (Fsp3) is 0. The normalized spacial score (nSPS) is 12.9. The predicted molar refractivity (Wildman–Crippen MR) is 324 cm³/mol. The highest BCUT2D eigenvalue weighted by molar-refractivity contribution is 6.17. The minimum atomic E-state index is 0.349. The van der Waals surface area contributed by atoms with Crippen LogP contribution in [0.1, 0.15) is 5.56 Å². The lowest BCUT2D eigenvalue weighted by Crippen LogP contribution is -2.28. The number of nitrogens with zero attached hydrogens (tertiary/aromatic N) is 6. The van der Waals surface area contributed by atoms with Crippen LogP contribution in [0.25, 0.3) is 33.6 Å². The van der Waals surface area contributed by atoms with Gasteiger partial charge in [-0.05, 0) is 115 Å².